The minimum absolute atomic E-state index is 0.278. The number of aliphatic hydroxyl groups excluding tert-OH is 1. The van der Waals surface area contributed by atoms with E-state index in [1.165, 1.54) is 32.1 Å². The van der Waals surface area contributed by atoms with Crippen molar-refractivity contribution in [1.82, 2.24) is 0 Å². The summed E-state index contributed by atoms with van der Waals surface area (Å²) in [5.41, 5.74) is 0.278. The van der Waals surface area contributed by atoms with Crippen LogP contribution < -0.4 is 0 Å². The zero-order valence-electron chi connectivity index (χ0n) is 9.87. The highest BCUT2D eigenvalue weighted by atomic mass is 16.5. The molecular formula is C13H24O2. The van der Waals surface area contributed by atoms with Crippen molar-refractivity contribution in [2.45, 2.75) is 45.4 Å². The molecule has 0 aromatic rings. The lowest BCUT2D eigenvalue weighted by molar-refractivity contribution is 0.0426. The topological polar surface area (TPSA) is 29.5 Å². The lowest BCUT2D eigenvalue weighted by Gasteiger charge is -2.36. The molecule has 2 saturated carbocycles. The highest BCUT2D eigenvalue weighted by Crippen LogP contribution is 2.57. The second kappa shape index (κ2) is 4.84. The average molecular weight is 212 g/mol. The Morgan fingerprint density at radius 1 is 1.40 bits per heavy atom. The molecule has 88 valence electrons. The molecule has 3 atom stereocenters. The predicted molar refractivity (Wildman–Crippen MR) is 60.7 cm³/mol. The van der Waals surface area contributed by atoms with E-state index in [-0.39, 0.29) is 5.41 Å². The molecule has 0 amide bonds. The molecule has 2 aliphatic carbocycles. The first kappa shape index (κ1) is 11.4. The summed E-state index contributed by atoms with van der Waals surface area (Å²) in [6.45, 7) is 4.13. The molecule has 2 fully saturated rings. The molecular weight excluding hydrogens is 188 g/mol. The van der Waals surface area contributed by atoms with Gasteiger partial charge in [0.2, 0.25) is 0 Å². The summed E-state index contributed by atoms with van der Waals surface area (Å²) in [6, 6.07) is 0. The standard InChI is InChI=1S/C13H24O2/c1-2-15-7-3-6-13(10-14)9-11-4-5-12(13)8-11/h11-12,14H,2-10H2,1H3. The third kappa shape index (κ3) is 2.21. The van der Waals surface area contributed by atoms with Crippen LogP contribution in [0.15, 0.2) is 0 Å². The molecule has 0 aliphatic heterocycles. The van der Waals surface area contributed by atoms with Gasteiger partial charge in [0.25, 0.3) is 0 Å². The molecule has 2 rings (SSSR count). The van der Waals surface area contributed by atoms with Crippen molar-refractivity contribution in [3.63, 3.8) is 0 Å². The van der Waals surface area contributed by atoms with Crippen molar-refractivity contribution in [2.24, 2.45) is 17.3 Å². The fraction of sp³-hybridized carbons (Fsp3) is 1.00. The Bertz CT molecular complexity index is 205. The van der Waals surface area contributed by atoms with E-state index < -0.39 is 0 Å². The fourth-order valence-corrected chi connectivity index (χ4v) is 3.81. The zero-order valence-corrected chi connectivity index (χ0v) is 9.87. The first-order valence-corrected chi connectivity index (χ1v) is 6.49. The Balaban J connectivity index is 1.81. The van der Waals surface area contributed by atoms with E-state index in [1.807, 2.05) is 6.92 Å². The van der Waals surface area contributed by atoms with Gasteiger partial charge < -0.3 is 9.84 Å². The number of rotatable bonds is 6. The Labute approximate surface area is 93.0 Å². The molecule has 2 nitrogen and oxygen atoms in total. The maximum atomic E-state index is 9.65. The minimum atomic E-state index is 0.278. The van der Waals surface area contributed by atoms with E-state index in [9.17, 15) is 5.11 Å². The Morgan fingerprint density at radius 3 is 2.80 bits per heavy atom. The highest BCUT2D eigenvalue weighted by molar-refractivity contribution is 4.99. The van der Waals surface area contributed by atoms with Crippen molar-refractivity contribution in [3.05, 3.63) is 0 Å². The first-order valence-electron chi connectivity index (χ1n) is 6.49. The molecule has 0 saturated heterocycles. The Hall–Kier alpha value is -0.0800. The molecule has 1 N–H and O–H groups in total. The summed E-state index contributed by atoms with van der Waals surface area (Å²) in [6.07, 6.45) is 7.73. The number of hydrogen-bond acceptors (Lipinski definition) is 2. The number of ether oxygens (including phenoxy) is 1. The lowest BCUT2D eigenvalue weighted by atomic mass is 9.71. The summed E-state index contributed by atoms with van der Waals surface area (Å²) in [5.74, 6) is 1.74. The van der Waals surface area contributed by atoms with Crippen LogP contribution in [0, 0.1) is 17.3 Å². The third-order valence-electron chi connectivity index (χ3n) is 4.58. The molecule has 0 heterocycles. The Kier molecular flexibility index (Phi) is 3.68. The molecule has 15 heavy (non-hydrogen) atoms. The summed E-state index contributed by atoms with van der Waals surface area (Å²) >= 11 is 0. The van der Waals surface area contributed by atoms with Crippen molar-refractivity contribution < 1.29 is 9.84 Å². The third-order valence-corrected chi connectivity index (χ3v) is 4.58. The van der Waals surface area contributed by atoms with Gasteiger partial charge in [-0.05, 0) is 56.3 Å². The smallest absolute Gasteiger partial charge is 0.0490 e. The molecule has 2 aliphatic rings. The van der Waals surface area contributed by atoms with Gasteiger partial charge in [0.1, 0.15) is 0 Å². The number of fused-ring (bicyclic) bond motifs is 2. The van der Waals surface area contributed by atoms with E-state index in [0.717, 1.165) is 31.5 Å². The van der Waals surface area contributed by atoms with Crippen LogP contribution in [-0.4, -0.2) is 24.9 Å². The second-order valence-electron chi connectivity index (χ2n) is 5.40. The summed E-state index contributed by atoms with van der Waals surface area (Å²) in [4.78, 5) is 0. The highest BCUT2D eigenvalue weighted by Gasteiger charge is 2.49. The van der Waals surface area contributed by atoms with E-state index in [4.69, 9.17) is 4.74 Å². The molecule has 0 aromatic carbocycles. The van der Waals surface area contributed by atoms with Crippen molar-refractivity contribution in [3.8, 4) is 0 Å². The van der Waals surface area contributed by atoms with Crippen LogP contribution in [0.3, 0.4) is 0 Å². The molecule has 0 aromatic heterocycles. The van der Waals surface area contributed by atoms with Crippen LogP contribution in [0.4, 0.5) is 0 Å². The largest absolute Gasteiger partial charge is 0.396 e. The van der Waals surface area contributed by atoms with Gasteiger partial charge in [0.15, 0.2) is 0 Å². The van der Waals surface area contributed by atoms with Gasteiger partial charge in [-0.3, -0.25) is 0 Å². The van der Waals surface area contributed by atoms with Gasteiger partial charge in [-0.2, -0.15) is 0 Å². The molecule has 0 radical (unpaired) electrons. The monoisotopic (exact) mass is 212 g/mol. The SMILES string of the molecule is CCOCCCC1(CO)CC2CCC1C2. The van der Waals surface area contributed by atoms with Gasteiger partial charge in [0, 0.05) is 19.8 Å². The van der Waals surface area contributed by atoms with Crippen LogP contribution in [0.5, 0.6) is 0 Å². The van der Waals surface area contributed by atoms with Crippen LogP contribution >= 0.6 is 0 Å². The van der Waals surface area contributed by atoms with E-state index >= 15 is 0 Å². The van der Waals surface area contributed by atoms with Crippen LogP contribution in [-0.2, 0) is 4.74 Å². The van der Waals surface area contributed by atoms with Crippen molar-refractivity contribution in [1.29, 1.82) is 0 Å². The van der Waals surface area contributed by atoms with Crippen LogP contribution in [0.2, 0.25) is 0 Å². The summed E-state index contributed by atoms with van der Waals surface area (Å²) < 4.78 is 5.38. The molecule has 3 unspecified atom stereocenters. The molecule has 2 bridgehead atoms. The van der Waals surface area contributed by atoms with E-state index in [0.29, 0.717) is 6.61 Å². The number of hydrogen-bond donors (Lipinski definition) is 1. The van der Waals surface area contributed by atoms with Gasteiger partial charge >= 0.3 is 0 Å². The molecule has 2 heteroatoms. The Morgan fingerprint density at radius 2 is 2.27 bits per heavy atom. The van der Waals surface area contributed by atoms with E-state index in [2.05, 4.69) is 0 Å². The average Bonchev–Trinajstić information content (AvgIpc) is 2.85. The van der Waals surface area contributed by atoms with Crippen molar-refractivity contribution in [2.75, 3.05) is 19.8 Å². The lowest BCUT2D eigenvalue weighted by Crippen LogP contribution is -2.32. The van der Waals surface area contributed by atoms with Crippen LogP contribution in [0.1, 0.15) is 45.4 Å². The maximum absolute atomic E-state index is 9.65. The quantitative estimate of drug-likeness (QED) is 0.686. The maximum Gasteiger partial charge on any atom is 0.0490 e. The summed E-state index contributed by atoms with van der Waals surface area (Å²) in [5, 5.41) is 9.65. The summed E-state index contributed by atoms with van der Waals surface area (Å²) in [7, 11) is 0. The number of aliphatic hydroxyl groups is 1. The second-order valence-corrected chi connectivity index (χ2v) is 5.40. The molecule has 0 spiro atoms. The predicted octanol–water partition coefficient (Wildman–Crippen LogP) is 2.60. The normalized spacial score (nSPS) is 38.8. The fourth-order valence-electron chi connectivity index (χ4n) is 3.81. The van der Waals surface area contributed by atoms with Gasteiger partial charge in [-0.1, -0.05) is 6.42 Å². The first-order chi connectivity index (χ1) is 7.30. The van der Waals surface area contributed by atoms with Gasteiger partial charge in [-0.15, -0.1) is 0 Å². The minimum Gasteiger partial charge on any atom is -0.396 e. The zero-order chi connectivity index (χ0) is 10.7. The van der Waals surface area contributed by atoms with Crippen LogP contribution in [0.25, 0.3) is 0 Å². The van der Waals surface area contributed by atoms with Gasteiger partial charge in [0.05, 0.1) is 0 Å². The van der Waals surface area contributed by atoms with Gasteiger partial charge in [-0.25, -0.2) is 0 Å². The van der Waals surface area contributed by atoms with E-state index in [1.54, 1.807) is 0 Å². The van der Waals surface area contributed by atoms with Crippen molar-refractivity contribution >= 4 is 0 Å².